The maximum atomic E-state index is 15.1. The first-order valence-corrected chi connectivity index (χ1v) is 13.0. The second-order valence-corrected chi connectivity index (χ2v) is 14.3. The average molecular weight is 625 g/mol. The zero-order valence-electron chi connectivity index (χ0n) is 16.2. The summed E-state index contributed by atoms with van der Waals surface area (Å²) in [5, 5.41) is 22.2. The molecule has 0 saturated heterocycles. The van der Waals surface area contributed by atoms with E-state index in [4.69, 9.17) is 0 Å². The summed E-state index contributed by atoms with van der Waals surface area (Å²) in [6.45, 7) is 0. The van der Waals surface area contributed by atoms with Gasteiger partial charge in [0.25, 0.3) is 0 Å². The zero-order valence-corrected chi connectivity index (χ0v) is 18.7. The Bertz CT molecular complexity index is 1360. The van der Waals surface area contributed by atoms with Crippen LogP contribution in [0.25, 0.3) is 11.1 Å². The monoisotopic (exact) mass is 626 g/mol. The molecule has 0 unspecified atom stereocenters. The van der Waals surface area contributed by atoms with Gasteiger partial charge in [-0.05, 0) is 0 Å². The second kappa shape index (κ2) is 7.98. The standard InChI is InChI=1S/C15H4F10N2O7SSe/c16-7-1-5-6-2-8(17)10(27(30)31)4-12(6)36(14(21,22)13(18,19)20,11(5)3-9(7)26(28)29)34-35(32,33)15(23,24)25/h1-4H. The van der Waals surface area contributed by atoms with Gasteiger partial charge in [0.1, 0.15) is 0 Å². The van der Waals surface area contributed by atoms with Crippen molar-refractivity contribution in [1.29, 1.82) is 0 Å². The molecular formula is C15H4F10N2O7SSe. The summed E-state index contributed by atoms with van der Waals surface area (Å²) in [7, 11) is -7.39. The summed E-state index contributed by atoms with van der Waals surface area (Å²) in [6.07, 6.45) is -6.93. The molecule has 0 spiro atoms. The summed E-state index contributed by atoms with van der Waals surface area (Å²) < 4.78 is 162. The number of nitro groups is 2. The number of nitro benzene ring substituents is 2. The Kier molecular flexibility index (Phi) is 6.11. The Labute approximate surface area is 193 Å². The molecule has 0 aromatic heterocycles. The Hall–Kier alpha value is -3.03. The van der Waals surface area contributed by atoms with Gasteiger partial charge < -0.3 is 0 Å². The molecular weight excluding hydrogens is 621 g/mol. The molecule has 198 valence electrons. The van der Waals surface area contributed by atoms with Crippen LogP contribution in [-0.4, -0.2) is 47.9 Å². The molecule has 0 saturated carbocycles. The van der Waals surface area contributed by atoms with Crippen LogP contribution in [0.4, 0.5) is 55.3 Å². The zero-order chi connectivity index (χ0) is 27.8. The first kappa shape index (κ1) is 27.6. The third-order valence-corrected chi connectivity index (χ3v) is 13.9. The topological polar surface area (TPSA) is 130 Å². The molecule has 2 aromatic rings. The Morgan fingerprint density at radius 3 is 1.39 bits per heavy atom. The molecule has 0 bridgehead atoms. The molecule has 0 amide bonds. The number of nitrogens with zero attached hydrogens (tertiary/aromatic N) is 2. The number of halogens is 10. The Balaban J connectivity index is 2.67. The van der Waals surface area contributed by atoms with E-state index in [-0.39, 0.29) is 12.1 Å². The summed E-state index contributed by atoms with van der Waals surface area (Å²) in [6, 6.07) is -1.07. The van der Waals surface area contributed by atoms with Crippen molar-refractivity contribution in [1.82, 2.24) is 0 Å². The van der Waals surface area contributed by atoms with E-state index in [1.807, 2.05) is 0 Å². The van der Waals surface area contributed by atoms with Gasteiger partial charge in [0.05, 0.1) is 0 Å². The fraction of sp³-hybridized carbons (Fsp3) is 0.200. The summed E-state index contributed by atoms with van der Waals surface area (Å²) in [4.78, 5) is 12.2. The average Bonchev–Trinajstić information content (AvgIpc) is 2.93. The van der Waals surface area contributed by atoms with E-state index in [9.17, 15) is 63.8 Å². The van der Waals surface area contributed by atoms with E-state index in [0.29, 0.717) is 0 Å². The van der Waals surface area contributed by atoms with Crippen LogP contribution in [0.5, 0.6) is 0 Å². The number of hydrogen-bond acceptors (Lipinski definition) is 7. The van der Waals surface area contributed by atoms with Crippen molar-refractivity contribution < 1.29 is 65.4 Å². The first-order chi connectivity index (χ1) is 16.1. The van der Waals surface area contributed by atoms with E-state index < -0.39 is 105 Å². The SMILES string of the molecule is O=[N+]([O-])c1cc2c(cc1F)-c1cc(F)c([N+](=O)[O-])cc1[Se]2(OS(=O)(=O)C(F)(F)F)C(F)(F)C(F)(F)F. The fourth-order valence-corrected chi connectivity index (χ4v) is 12.8. The van der Waals surface area contributed by atoms with E-state index in [0.717, 1.165) is 0 Å². The number of benzene rings is 2. The second-order valence-electron chi connectivity index (χ2n) is 6.65. The summed E-state index contributed by atoms with van der Waals surface area (Å²) >= 11 is -7.77. The molecule has 1 aliphatic rings. The van der Waals surface area contributed by atoms with E-state index in [1.165, 1.54) is 0 Å². The maximum absolute atomic E-state index is 15.1. The first-order valence-electron chi connectivity index (χ1n) is 8.36. The Morgan fingerprint density at radius 1 is 0.750 bits per heavy atom. The van der Waals surface area contributed by atoms with Crippen molar-refractivity contribution in [2.45, 2.75) is 16.5 Å². The molecule has 0 aliphatic carbocycles. The van der Waals surface area contributed by atoms with Crippen molar-refractivity contribution in [3.8, 4) is 11.1 Å². The number of hydrogen-bond donors (Lipinski definition) is 0. The normalized spacial score (nSPS) is 16.3. The number of alkyl halides is 8. The van der Waals surface area contributed by atoms with Gasteiger partial charge in [0.2, 0.25) is 0 Å². The Morgan fingerprint density at radius 2 is 1.11 bits per heavy atom. The van der Waals surface area contributed by atoms with Gasteiger partial charge in [-0.3, -0.25) is 0 Å². The van der Waals surface area contributed by atoms with Crippen LogP contribution in [0.2, 0.25) is 0 Å². The fourth-order valence-electron chi connectivity index (χ4n) is 3.11. The van der Waals surface area contributed by atoms with Crippen molar-refractivity contribution in [3.63, 3.8) is 0 Å². The van der Waals surface area contributed by atoms with Gasteiger partial charge in [-0.25, -0.2) is 0 Å². The van der Waals surface area contributed by atoms with Crippen LogP contribution >= 0.6 is 0 Å². The molecule has 3 rings (SSSR count). The molecule has 2 aromatic carbocycles. The van der Waals surface area contributed by atoms with Crippen molar-refractivity contribution in [3.05, 3.63) is 56.1 Å². The quantitative estimate of drug-likeness (QED) is 0.164. The third kappa shape index (κ3) is 3.76. The van der Waals surface area contributed by atoms with Gasteiger partial charge in [-0.2, -0.15) is 0 Å². The predicted molar refractivity (Wildman–Crippen MR) is 97.2 cm³/mol. The summed E-state index contributed by atoms with van der Waals surface area (Å²) in [5.41, 5.74) is -13.1. The van der Waals surface area contributed by atoms with Crippen LogP contribution in [-0.2, 0) is 13.4 Å². The van der Waals surface area contributed by atoms with Crippen molar-refractivity contribution >= 4 is 43.6 Å². The van der Waals surface area contributed by atoms with Crippen molar-refractivity contribution in [2.24, 2.45) is 0 Å². The van der Waals surface area contributed by atoms with Gasteiger partial charge in [0.15, 0.2) is 0 Å². The third-order valence-electron chi connectivity index (χ3n) is 4.57. The summed E-state index contributed by atoms with van der Waals surface area (Å²) in [5.74, 6) is -3.91. The van der Waals surface area contributed by atoms with E-state index in [2.05, 4.69) is 3.27 Å². The van der Waals surface area contributed by atoms with Gasteiger partial charge in [-0.15, -0.1) is 0 Å². The van der Waals surface area contributed by atoms with Crippen LogP contribution in [0, 0.1) is 31.9 Å². The molecule has 1 aliphatic heterocycles. The molecule has 36 heavy (non-hydrogen) atoms. The van der Waals surface area contributed by atoms with Crippen molar-refractivity contribution in [2.75, 3.05) is 0 Å². The van der Waals surface area contributed by atoms with Crippen LogP contribution in [0.3, 0.4) is 0 Å². The van der Waals surface area contributed by atoms with Gasteiger partial charge in [0, 0.05) is 0 Å². The van der Waals surface area contributed by atoms with Crippen LogP contribution < -0.4 is 8.92 Å². The minimum atomic E-state index is -7.77. The van der Waals surface area contributed by atoms with Gasteiger partial charge >= 0.3 is 193 Å². The minimum absolute atomic E-state index is 0.132. The molecule has 0 fully saturated rings. The molecule has 21 heteroatoms. The van der Waals surface area contributed by atoms with Crippen LogP contribution in [0.15, 0.2) is 24.3 Å². The molecule has 9 nitrogen and oxygen atoms in total. The molecule has 0 radical (unpaired) electrons. The van der Waals surface area contributed by atoms with E-state index in [1.54, 1.807) is 0 Å². The number of fused-ring (bicyclic) bond motifs is 3. The molecule has 1 heterocycles. The molecule has 0 N–H and O–H groups in total. The van der Waals surface area contributed by atoms with E-state index >= 15 is 8.78 Å². The number of rotatable bonds is 5. The predicted octanol–water partition coefficient (Wildman–Crippen LogP) is 3.42. The van der Waals surface area contributed by atoms with Crippen LogP contribution in [0.1, 0.15) is 0 Å². The molecule has 0 atom stereocenters. The van der Waals surface area contributed by atoms with Gasteiger partial charge in [-0.1, -0.05) is 0 Å².